The van der Waals surface area contributed by atoms with Gasteiger partial charge < -0.3 is 15.5 Å². The Balaban J connectivity index is 1.75. The largest absolute Gasteiger partial charge is 0.343 e. The number of amides is 2. The van der Waals surface area contributed by atoms with Crippen molar-refractivity contribution in [1.82, 2.24) is 19.8 Å². The molecule has 9 heteroatoms. The fourth-order valence-electron chi connectivity index (χ4n) is 4.08. The standard InChI is InChI=1S/C21H32N4O4S/c1-16(2)15-18(21(27)24-13-10-22-11-14-24)23-20(26)19-9-6-12-25(19)30(28,29)17-7-4-3-5-8-17/h3-5,7-8,16,18-19,22H,6,9-15H2,1-2H3,(H,23,26)/t18-,19-/m0/s1. The number of piperazine rings is 1. The Hall–Kier alpha value is -1.97. The Kier molecular flexibility index (Phi) is 7.49. The third-order valence-electron chi connectivity index (χ3n) is 5.61. The highest BCUT2D eigenvalue weighted by Gasteiger charge is 2.40. The van der Waals surface area contributed by atoms with Gasteiger partial charge in [-0.2, -0.15) is 4.31 Å². The third-order valence-corrected chi connectivity index (χ3v) is 7.53. The summed E-state index contributed by atoms with van der Waals surface area (Å²) in [5.41, 5.74) is 0. The van der Waals surface area contributed by atoms with E-state index in [2.05, 4.69) is 10.6 Å². The molecule has 2 fully saturated rings. The quantitative estimate of drug-likeness (QED) is 0.659. The second-order valence-corrected chi connectivity index (χ2v) is 10.2. The van der Waals surface area contributed by atoms with Gasteiger partial charge in [0.1, 0.15) is 12.1 Å². The summed E-state index contributed by atoms with van der Waals surface area (Å²) in [6.07, 6.45) is 1.59. The Bertz CT molecular complexity index is 838. The maximum Gasteiger partial charge on any atom is 0.245 e. The van der Waals surface area contributed by atoms with Crippen LogP contribution in [-0.4, -0.2) is 74.2 Å². The van der Waals surface area contributed by atoms with E-state index in [9.17, 15) is 18.0 Å². The molecule has 0 bridgehead atoms. The van der Waals surface area contributed by atoms with Gasteiger partial charge >= 0.3 is 0 Å². The van der Waals surface area contributed by atoms with E-state index >= 15 is 0 Å². The number of hydrogen-bond donors (Lipinski definition) is 2. The molecule has 0 spiro atoms. The number of hydrogen-bond acceptors (Lipinski definition) is 5. The number of nitrogens with one attached hydrogen (secondary N) is 2. The van der Waals surface area contributed by atoms with Crippen LogP contribution in [0.15, 0.2) is 35.2 Å². The van der Waals surface area contributed by atoms with Crippen molar-refractivity contribution in [3.05, 3.63) is 30.3 Å². The SMILES string of the molecule is CC(C)C[C@H](NC(=O)[C@@H]1CCCN1S(=O)(=O)c1ccccc1)C(=O)N1CCNCC1. The number of carbonyl (C=O) groups is 2. The van der Waals surface area contributed by atoms with Crippen LogP contribution in [0.1, 0.15) is 33.1 Å². The molecule has 2 atom stereocenters. The van der Waals surface area contributed by atoms with Crippen LogP contribution >= 0.6 is 0 Å². The second kappa shape index (κ2) is 9.89. The van der Waals surface area contributed by atoms with E-state index in [-0.39, 0.29) is 22.6 Å². The molecule has 3 rings (SSSR count). The molecule has 8 nitrogen and oxygen atoms in total. The van der Waals surface area contributed by atoms with E-state index in [0.29, 0.717) is 38.9 Å². The van der Waals surface area contributed by atoms with Gasteiger partial charge in [0.25, 0.3) is 0 Å². The molecular weight excluding hydrogens is 404 g/mol. The van der Waals surface area contributed by atoms with Crippen molar-refractivity contribution in [2.24, 2.45) is 5.92 Å². The first kappa shape index (κ1) is 22.7. The van der Waals surface area contributed by atoms with Gasteiger partial charge in [-0.15, -0.1) is 0 Å². The molecular formula is C21H32N4O4S. The molecule has 2 aliphatic heterocycles. The molecule has 1 aromatic carbocycles. The number of nitrogens with zero attached hydrogens (tertiary/aromatic N) is 2. The highest BCUT2D eigenvalue weighted by Crippen LogP contribution is 2.26. The lowest BCUT2D eigenvalue weighted by Crippen LogP contribution is -2.56. The van der Waals surface area contributed by atoms with E-state index in [1.807, 2.05) is 13.8 Å². The Morgan fingerprint density at radius 2 is 1.80 bits per heavy atom. The molecule has 30 heavy (non-hydrogen) atoms. The zero-order chi connectivity index (χ0) is 21.7. The lowest BCUT2D eigenvalue weighted by molar-refractivity contribution is -0.138. The van der Waals surface area contributed by atoms with Crippen LogP contribution in [0.5, 0.6) is 0 Å². The topological polar surface area (TPSA) is 98.8 Å². The lowest BCUT2D eigenvalue weighted by Gasteiger charge is -2.32. The molecule has 1 aromatic rings. The van der Waals surface area contributed by atoms with Crippen molar-refractivity contribution in [3.8, 4) is 0 Å². The van der Waals surface area contributed by atoms with Crippen molar-refractivity contribution in [1.29, 1.82) is 0 Å². The molecule has 2 amide bonds. The van der Waals surface area contributed by atoms with Crippen LogP contribution < -0.4 is 10.6 Å². The van der Waals surface area contributed by atoms with Crippen molar-refractivity contribution < 1.29 is 18.0 Å². The maximum absolute atomic E-state index is 13.1. The summed E-state index contributed by atoms with van der Waals surface area (Å²) < 4.78 is 27.4. The van der Waals surface area contributed by atoms with Crippen molar-refractivity contribution in [3.63, 3.8) is 0 Å². The number of carbonyl (C=O) groups excluding carboxylic acids is 2. The van der Waals surface area contributed by atoms with E-state index in [1.165, 1.54) is 16.4 Å². The average Bonchev–Trinajstić information content (AvgIpc) is 3.25. The van der Waals surface area contributed by atoms with Crippen LogP contribution in [0, 0.1) is 5.92 Å². The first-order valence-corrected chi connectivity index (χ1v) is 12.1. The maximum atomic E-state index is 13.1. The van der Waals surface area contributed by atoms with Gasteiger partial charge in [-0.1, -0.05) is 32.0 Å². The Morgan fingerprint density at radius 1 is 1.13 bits per heavy atom. The van der Waals surface area contributed by atoms with Gasteiger partial charge in [-0.05, 0) is 37.3 Å². The molecule has 2 saturated heterocycles. The highest BCUT2D eigenvalue weighted by molar-refractivity contribution is 7.89. The predicted octanol–water partition coefficient (Wildman–Crippen LogP) is 0.802. The summed E-state index contributed by atoms with van der Waals surface area (Å²) in [6.45, 7) is 7.01. The molecule has 2 N–H and O–H groups in total. The molecule has 0 aromatic heterocycles. The first-order valence-electron chi connectivity index (χ1n) is 10.7. The van der Waals surface area contributed by atoms with E-state index < -0.39 is 22.1 Å². The Morgan fingerprint density at radius 3 is 2.43 bits per heavy atom. The molecule has 2 heterocycles. The minimum atomic E-state index is -3.76. The van der Waals surface area contributed by atoms with Crippen LogP contribution in [0.3, 0.4) is 0 Å². The summed E-state index contributed by atoms with van der Waals surface area (Å²) in [4.78, 5) is 28.1. The summed E-state index contributed by atoms with van der Waals surface area (Å²) >= 11 is 0. The molecule has 0 radical (unpaired) electrons. The number of sulfonamides is 1. The first-order chi connectivity index (χ1) is 14.3. The second-order valence-electron chi connectivity index (χ2n) is 8.35. The van der Waals surface area contributed by atoms with Gasteiger partial charge in [-0.3, -0.25) is 9.59 Å². The predicted molar refractivity (Wildman–Crippen MR) is 114 cm³/mol. The van der Waals surface area contributed by atoms with Gasteiger partial charge in [-0.25, -0.2) is 8.42 Å². The smallest absolute Gasteiger partial charge is 0.245 e. The summed E-state index contributed by atoms with van der Waals surface area (Å²) in [7, 11) is -3.76. The van der Waals surface area contributed by atoms with Gasteiger partial charge in [0.15, 0.2) is 0 Å². The van der Waals surface area contributed by atoms with Crippen LogP contribution in [0.2, 0.25) is 0 Å². The van der Waals surface area contributed by atoms with Crippen LogP contribution in [0.25, 0.3) is 0 Å². The fourth-order valence-corrected chi connectivity index (χ4v) is 5.76. The Labute approximate surface area is 179 Å². The van der Waals surface area contributed by atoms with Gasteiger partial charge in [0, 0.05) is 32.7 Å². The lowest BCUT2D eigenvalue weighted by atomic mass is 10.0. The van der Waals surface area contributed by atoms with Crippen molar-refractivity contribution in [2.45, 2.75) is 50.1 Å². The minimum absolute atomic E-state index is 0.0889. The van der Waals surface area contributed by atoms with Crippen molar-refractivity contribution in [2.75, 3.05) is 32.7 Å². The number of benzene rings is 1. The summed E-state index contributed by atoms with van der Waals surface area (Å²) in [6, 6.07) is 6.74. The third kappa shape index (κ3) is 5.19. The van der Waals surface area contributed by atoms with Gasteiger partial charge in [0.05, 0.1) is 4.90 Å². The zero-order valence-electron chi connectivity index (χ0n) is 17.7. The highest BCUT2D eigenvalue weighted by atomic mass is 32.2. The molecule has 0 aliphatic carbocycles. The minimum Gasteiger partial charge on any atom is -0.343 e. The van der Waals surface area contributed by atoms with Crippen LogP contribution in [-0.2, 0) is 19.6 Å². The average molecular weight is 437 g/mol. The molecule has 0 unspecified atom stereocenters. The summed E-state index contributed by atoms with van der Waals surface area (Å²) in [5, 5.41) is 6.10. The molecule has 0 saturated carbocycles. The van der Waals surface area contributed by atoms with E-state index in [0.717, 1.165) is 13.1 Å². The zero-order valence-corrected chi connectivity index (χ0v) is 18.5. The summed E-state index contributed by atoms with van der Waals surface area (Å²) in [5.74, 6) is -0.259. The molecule has 2 aliphatic rings. The monoisotopic (exact) mass is 436 g/mol. The van der Waals surface area contributed by atoms with E-state index in [4.69, 9.17) is 0 Å². The fraction of sp³-hybridized carbons (Fsp3) is 0.619. The van der Waals surface area contributed by atoms with Gasteiger partial charge in [0.2, 0.25) is 21.8 Å². The number of rotatable bonds is 7. The van der Waals surface area contributed by atoms with Crippen LogP contribution in [0.4, 0.5) is 0 Å². The normalized spacial score (nSPS) is 21.6. The van der Waals surface area contributed by atoms with Crippen molar-refractivity contribution >= 4 is 21.8 Å². The van der Waals surface area contributed by atoms with E-state index in [1.54, 1.807) is 23.1 Å². The molecule has 166 valence electrons.